The summed E-state index contributed by atoms with van der Waals surface area (Å²) in [4.78, 5) is 15.0. The van der Waals surface area contributed by atoms with Gasteiger partial charge in [0, 0.05) is 5.56 Å². The standard InChI is InChI=1S/C49H30O2S/c50-49-45-27-31(29-17-21-41-37-13-3-1-9-33(37)35-11-5-7-15-39(35)43(41)25-29)19-23-47(45)52(51)48-24-20-32(28-46(48)49)30-18-22-42-38-14-4-2-10-34(38)36-12-6-8-16-40(36)44(42)26-30/h1-28,45,47H. The van der Waals surface area contributed by atoms with Gasteiger partial charge in [-0.1, -0.05) is 146 Å². The first-order chi connectivity index (χ1) is 25.6. The van der Waals surface area contributed by atoms with Crippen LogP contribution in [0.4, 0.5) is 0 Å². The average Bonchev–Trinajstić information content (AvgIpc) is 3.22. The van der Waals surface area contributed by atoms with Gasteiger partial charge in [-0.3, -0.25) is 9.00 Å². The van der Waals surface area contributed by atoms with E-state index in [1.54, 1.807) is 0 Å². The molecule has 9 aromatic carbocycles. The molecule has 2 aliphatic rings. The Kier molecular flexibility index (Phi) is 6.35. The summed E-state index contributed by atoms with van der Waals surface area (Å²) < 4.78 is 14.1. The molecule has 3 heteroatoms. The van der Waals surface area contributed by atoms with E-state index in [4.69, 9.17) is 0 Å². The summed E-state index contributed by atoms with van der Waals surface area (Å²) in [6, 6.07) is 53.4. The van der Waals surface area contributed by atoms with Crippen molar-refractivity contribution >= 4 is 86.8 Å². The molecular weight excluding hydrogens is 653 g/mol. The highest BCUT2D eigenvalue weighted by atomic mass is 32.2. The second-order valence-electron chi connectivity index (χ2n) is 14.0. The number of carbonyl (C=O) groups is 1. The molecule has 3 atom stereocenters. The molecule has 1 heterocycles. The monoisotopic (exact) mass is 682 g/mol. The second kappa shape index (κ2) is 11.2. The zero-order valence-corrected chi connectivity index (χ0v) is 28.9. The Morgan fingerprint density at radius 3 is 1.35 bits per heavy atom. The van der Waals surface area contributed by atoms with Crippen LogP contribution in [0.5, 0.6) is 0 Å². The molecule has 0 aromatic heterocycles. The first-order valence-corrected chi connectivity index (χ1v) is 19.0. The molecule has 0 saturated heterocycles. The van der Waals surface area contributed by atoms with Crippen molar-refractivity contribution in [1.82, 2.24) is 0 Å². The Morgan fingerprint density at radius 1 is 0.423 bits per heavy atom. The molecule has 0 fully saturated rings. The lowest BCUT2D eigenvalue weighted by Gasteiger charge is -2.30. The largest absolute Gasteiger partial charge is 0.293 e. The fraction of sp³-hybridized carbons (Fsp3) is 0.0408. The zero-order chi connectivity index (χ0) is 34.5. The van der Waals surface area contributed by atoms with Crippen molar-refractivity contribution < 1.29 is 9.00 Å². The lowest BCUT2D eigenvalue weighted by atomic mass is 9.84. The van der Waals surface area contributed by atoms with Crippen molar-refractivity contribution in [3.8, 4) is 11.1 Å². The third-order valence-corrected chi connectivity index (χ3v) is 13.1. The number of fused-ring (bicyclic) bond motifs is 14. The summed E-state index contributed by atoms with van der Waals surface area (Å²) >= 11 is 0. The summed E-state index contributed by atoms with van der Waals surface area (Å²) in [6.45, 7) is 0. The predicted molar refractivity (Wildman–Crippen MR) is 218 cm³/mol. The first kappa shape index (κ1) is 29.6. The molecule has 2 nitrogen and oxygen atoms in total. The van der Waals surface area contributed by atoms with Gasteiger partial charge in [0.15, 0.2) is 5.78 Å². The molecule has 3 unspecified atom stereocenters. The van der Waals surface area contributed by atoms with Crippen LogP contribution in [0.15, 0.2) is 175 Å². The topological polar surface area (TPSA) is 34.1 Å². The molecule has 0 saturated carbocycles. The highest BCUT2D eigenvalue weighted by molar-refractivity contribution is 7.86. The van der Waals surface area contributed by atoms with E-state index >= 15 is 0 Å². The normalized spacial score (nSPS) is 18.3. The maximum absolute atomic E-state index is 14.4. The third kappa shape index (κ3) is 4.23. The molecule has 11 rings (SSSR count). The minimum absolute atomic E-state index is 0.0257. The Balaban J connectivity index is 1.01. The summed E-state index contributed by atoms with van der Waals surface area (Å²) in [6.07, 6.45) is 6.10. The molecule has 1 aliphatic heterocycles. The molecule has 0 N–H and O–H groups in total. The highest BCUT2D eigenvalue weighted by Gasteiger charge is 2.40. The molecule has 9 aromatic rings. The lowest BCUT2D eigenvalue weighted by molar-refractivity contribution is 0.0941. The minimum Gasteiger partial charge on any atom is -0.293 e. The Hall–Kier alpha value is -6.16. The molecule has 0 amide bonds. The lowest BCUT2D eigenvalue weighted by Crippen LogP contribution is -2.36. The third-order valence-electron chi connectivity index (χ3n) is 11.3. The van der Waals surface area contributed by atoms with E-state index in [0.29, 0.717) is 10.5 Å². The van der Waals surface area contributed by atoms with E-state index in [2.05, 4.69) is 146 Å². The van der Waals surface area contributed by atoms with E-state index in [1.807, 2.05) is 24.3 Å². The minimum atomic E-state index is -1.35. The van der Waals surface area contributed by atoms with Crippen molar-refractivity contribution in [2.24, 2.45) is 5.92 Å². The van der Waals surface area contributed by atoms with Crippen LogP contribution in [0, 0.1) is 5.92 Å². The van der Waals surface area contributed by atoms with Gasteiger partial charge in [-0.15, -0.1) is 0 Å². The van der Waals surface area contributed by atoms with Crippen molar-refractivity contribution in [3.63, 3.8) is 0 Å². The van der Waals surface area contributed by atoms with Crippen LogP contribution in [-0.4, -0.2) is 15.2 Å². The van der Waals surface area contributed by atoms with E-state index in [0.717, 1.165) is 22.3 Å². The fourth-order valence-corrected chi connectivity index (χ4v) is 10.4. The van der Waals surface area contributed by atoms with Gasteiger partial charge in [0.25, 0.3) is 0 Å². The van der Waals surface area contributed by atoms with Crippen LogP contribution in [0.2, 0.25) is 0 Å². The first-order valence-electron chi connectivity index (χ1n) is 17.8. The van der Waals surface area contributed by atoms with Crippen LogP contribution in [0.3, 0.4) is 0 Å². The Bertz CT molecular complexity index is 3060. The second-order valence-corrected chi connectivity index (χ2v) is 15.6. The van der Waals surface area contributed by atoms with E-state index in [-0.39, 0.29) is 11.0 Å². The van der Waals surface area contributed by atoms with Gasteiger partial charge in [-0.25, -0.2) is 0 Å². The summed E-state index contributed by atoms with van der Waals surface area (Å²) in [7, 11) is -1.35. The summed E-state index contributed by atoms with van der Waals surface area (Å²) in [5.41, 5.74) is 4.58. The van der Waals surface area contributed by atoms with Gasteiger partial charge in [0.1, 0.15) is 0 Å². The number of benzene rings is 9. The molecule has 0 radical (unpaired) electrons. The molecule has 0 spiro atoms. The number of rotatable bonds is 2. The maximum Gasteiger partial charge on any atom is 0.172 e. The fourth-order valence-electron chi connectivity index (χ4n) is 8.86. The molecule has 0 bridgehead atoms. The van der Waals surface area contributed by atoms with Crippen LogP contribution >= 0.6 is 0 Å². The molecule has 52 heavy (non-hydrogen) atoms. The SMILES string of the molecule is O=C1c2cc(-c3ccc4c5ccccc5c5ccccc5c4c3)ccc2S(=O)C2C=CC(c3ccc4c5ccccc5c5ccccc5c4c3)=CC12. The summed E-state index contributed by atoms with van der Waals surface area (Å²) in [5, 5.41) is 14.2. The van der Waals surface area contributed by atoms with Gasteiger partial charge in [0.05, 0.1) is 26.9 Å². The number of allylic oxidation sites excluding steroid dienone is 3. The van der Waals surface area contributed by atoms with Gasteiger partial charge in [-0.05, 0) is 111 Å². The van der Waals surface area contributed by atoms with Gasteiger partial charge < -0.3 is 0 Å². The number of hydrogen-bond donors (Lipinski definition) is 0. The quantitative estimate of drug-likeness (QED) is 0.170. The van der Waals surface area contributed by atoms with E-state index in [1.165, 1.54) is 64.6 Å². The summed E-state index contributed by atoms with van der Waals surface area (Å²) in [5.74, 6) is -0.475. The Morgan fingerprint density at radius 2 is 0.827 bits per heavy atom. The molecule has 244 valence electrons. The number of hydrogen-bond acceptors (Lipinski definition) is 2. The number of carbonyl (C=O) groups excluding carboxylic acids is 1. The number of Topliss-reactive ketones (excluding diaryl/α,β-unsaturated/α-hetero) is 1. The maximum atomic E-state index is 14.4. The van der Waals surface area contributed by atoms with Crippen molar-refractivity contribution in [1.29, 1.82) is 0 Å². The average molecular weight is 683 g/mol. The highest BCUT2D eigenvalue weighted by Crippen LogP contribution is 2.42. The van der Waals surface area contributed by atoms with Crippen LogP contribution in [0.25, 0.3) is 81.3 Å². The number of ketones is 1. The molecule has 1 aliphatic carbocycles. The van der Waals surface area contributed by atoms with Crippen molar-refractivity contribution in [3.05, 3.63) is 181 Å². The van der Waals surface area contributed by atoms with Crippen molar-refractivity contribution in [2.75, 3.05) is 0 Å². The van der Waals surface area contributed by atoms with Crippen molar-refractivity contribution in [2.45, 2.75) is 10.1 Å². The van der Waals surface area contributed by atoms with Crippen LogP contribution in [0.1, 0.15) is 15.9 Å². The zero-order valence-electron chi connectivity index (χ0n) is 28.0. The van der Waals surface area contributed by atoms with Crippen LogP contribution < -0.4 is 0 Å². The smallest absolute Gasteiger partial charge is 0.172 e. The Labute approximate surface area is 302 Å². The molecular formula is C49H30O2S. The van der Waals surface area contributed by atoms with Crippen LogP contribution in [-0.2, 0) is 10.8 Å². The van der Waals surface area contributed by atoms with Gasteiger partial charge >= 0.3 is 0 Å². The predicted octanol–water partition coefficient (Wildman–Crippen LogP) is 12.2. The van der Waals surface area contributed by atoms with Gasteiger partial charge in [0.2, 0.25) is 0 Å². The van der Waals surface area contributed by atoms with E-state index in [9.17, 15) is 9.00 Å². The van der Waals surface area contributed by atoms with Gasteiger partial charge in [-0.2, -0.15) is 0 Å². The van der Waals surface area contributed by atoms with E-state index < -0.39 is 16.7 Å².